The Balaban J connectivity index is 4.55. The van der Waals surface area contributed by atoms with E-state index in [0.717, 1.165) is 25.3 Å². The van der Waals surface area contributed by atoms with E-state index >= 15 is 0 Å². The molecule has 0 aromatic rings. The number of hydrogen-bond donors (Lipinski definition) is 0. The van der Waals surface area contributed by atoms with Crippen molar-refractivity contribution in [3.8, 4) is 0 Å². The minimum absolute atomic E-state index is 0.312. The molecule has 25 heavy (non-hydrogen) atoms. The van der Waals surface area contributed by atoms with E-state index in [1.165, 1.54) is 70.6 Å². The van der Waals surface area contributed by atoms with Crippen molar-refractivity contribution in [3.05, 3.63) is 0 Å². The molecular formula is C21H46O3Si. The Morgan fingerprint density at radius 3 is 1.44 bits per heavy atom. The summed E-state index contributed by atoms with van der Waals surface area (Å²) in [4.78, 5) is 0. The lowest BCUT2D eigenvalue weighted by Gasteiger charge is -2.31. The van der Waals surface area contributed by atoms with Crippen LogP contribution in [0.15, 0.2) is 0 Å². The van der Waals surface area contributed by atoms with Gasteiger partial charge in [-0.1, -0.05) is 91.4 Å². The number of unbranched alkanes of at least 4 members (excludes halogenated alkanes) is 9. The van der Waals surface area contributed by atoms with Crippen molar-refractivity contribution in [2.75, 3.05) is 14.2 Å². The Hall–Kier alpha value is 0.0969. The van der Waals surface area contributed by atoms with E-state index in [0.29, 0.717) is 6.10 Å². The molecule has 0 N–H and O–H groups in total. The fourth-order valence-electron chi connectivity index (χ4n) is 3.32. The predicted octanol–water partition coefficient (Wildman–Crippen LogP) is 7.12. The van der Waals surface area contributed by atoms with Gasteiger partial charge in [0.15, 0.2) is 0 Å². The second-order valence-corrected chi connectivity index (χ2v) is 10.3. The molecule has 0 unspecified atom stereocenters. The van der Waals surface area contributed by atoms with Crippen molar-refractivity contribution in [3.63, 3.8) is 0 Å². The Labute approximate surface area is 159 Å². The molecule has 0 aromatic heterocycles. The standard InChI is InChI=1S/C21H46O3Si/c1-6-9-12-15-18-21(19-16-13-10-7-2)24-25(22-4,23-5)20-17-14-11-8-3/h21H,6-20H2,1-5H3. The molecule has 0 atom stereocenters. The Morgan fingerprint density at radius 2 is 1.04 bits per heavy atom. The van der Waals surface area contributed by atoms with Gasteiger partial charge >= 0.3 is 8.80 Å². The average Bonchev–Trinajstić information content (AvgIpc) is 2.64. The lowest BCUT2D eigenvalue weighted by molar-refractivity contribution is 0.0442. The highest BCUT2D eigenvalue weighted by Crippen LogP contribution is 2.25. The van der Waals surface area contributed by atoms with Gasteiger partial charge in [0.25, 0.3) is 0 Å². The van der Waals surface area contributed by atoms with Crippen LogP contribution in [-0.2, 0) is 13.3 Å². The topological polar surface area (TPSA) is 27.7 Å². The Bertz CT molecular complexity index is 258. The number of hydrogen-bond acceptors (Lipinski definition) is 3. The largest absolute Gasteiger partial charge is 0.500 e. The molecule has 0 bridgehead atoms. The van der Waals surface area contributed by atoms with Crippen LogP contribution < -0.4 is 0 Å². The van der Waals surface area contributed by atoms with Gasteiger partial charge in [-0.05, 0) is 19.3 Å². The van der Waals surface area contributed by atoms with Crippen molar-refractivity contribution in [1.29, 1.82) is 0 Å². The molecule has 0 saturated heterocycles. The van der Waals surface area contributed by atoms with Gasteiger partial charge in [-0.25, -0.2) is 0 Å². The number of rotatable bonds is 19. The van der Waals surface area contributed by atoms with Crippen LogP contribution in [0.25, 0.3) is 0 Å². The lowest BCUT2D eigenvalue weighted by Crippen LogP contribution is -2.46. The zero-order valence-electron chi connectivity index (χ0n) is 17.9. The summed E-state index contributed by atoms with van der Waals surface area (Å²) in [6.45, 7) is 6.78. The van der Waals surface area contributed by atoms with Crippen molar-refractivity contribution in [2.24, 2.45) is 0 Å². The van der Waals surface area contributed by atoms with Gasteiger partial charge in [0, 0.05) is 26.4 Å². The van der Waals surface area contributed by atoms with E-state index < -0.39 is 8.80 Å². The highest BCUT2D eigenvalue weighted by atomic mass is 28.4. The first kappa shape index (κ1) is 25.1. The summed E-state index contributed by atoms with van der Waals surface area (Å²) < 4.78 is 18.3. The molecule has 0 aliphatic carbocycles. The van der Waals surface area contributed by atoms with Crippen LogP contribution in [-0.4, -0.2) is 29.1 Å². The highest BCUT2D eigenvalue weighted by Gasteiger charge is 2.40. The maximum absolute atomic E-state index is 6.57. The molecule has 0 aliphatic heterocycles. The fraction of sp³-hybridized carbons (Fsp3) is 1.00. The molecule has 0 radical (unpaired) electrons. The maximum Gasteiger partial charge on any atom is 0.500 e. The van der Waals surface area contributed by atoms with E-state index in [9.17, 15) is 0 Å². The summed E-state index contributed by atoms with van der Waals surface area (Å²) in [5.41, 5.74) is 0. The van der Waals surface area contributed by atoms with Crippen LogP contribution in [0.2, 0.25) is 6.04 Å². The van der Waals surface area contributed by atoms with Crippen molar-refractivity contribution < 1.29 is 13.3 Å². The van der Waals surface area contributed by atoms with Crippen LogP contribution in [0.3, 0.4) is 0 Å². The van der Waals surface area contributed by atoms with E-state index in [-0.39, 0.29) is 0 Å². The minimum atomic E-state index is -2.49. The van der Waals surface area contributed by atoms with Gasteiger partial charge in [-0.3, -0.25) is 0 Å². The molecule has 0 aromatic carbocycles. The first-order valence-corrected chi connectivity index (χ1v) is 12.9. The van der Waals surface area contributed by atoms with E-state index in [1.54, 1.807) is 14.2 Å². The first-order chi connectivity index (χ1) is 12.2. The third-order valence-electron chi connectivity index (χ3n) is 5.06. The normalized spacial score (nSPS) is 12.2. The maximum atomic E-state index is 6.57. The smallest absolute Gasteiger partial charge is 0.377 e. The minimum Gasteiger partial charge on any atom is -0.377 e. The zero-order valence-corrected chi connectivity index (χ0v) is 18.9. The molecule has 0 heterocycles. The molecule has 0 rings (SSSR count). The van der Waals surface area contributed by atoms with E-state index in [2.05, 4.69) is 20.8 Å². The monoisotopic (exact) mass is 374 g/mol. The van der Waals surface area contributed by atoms with Crippen molar-refractivity contribution >= 4 is 8.80 Å². The molecule has 4 heteroatoms. The van der Waals surface area contributed by atoms with Crippen LogP contribution in [0.4, 0.5) is 0 Å². The predicted molar refractivity (Wildman–Crippen MR) is 111 cm³/mol. The second kappa shape index (κ2) is 17.5. The molecule has 0 saturated carbocycles. The first-order valence-electron chi connectivity index (χ1n) is 11.0. The van der Waals surface area contributed by atoms with Crippen molar-refractivity contribution in [1.82, 2.24) is 0 Å². The molecule has 0 fully saturated rings. The average molecular weight is 375 g/mol. The van der Waals surface area contributed by atoms with Crippen LogP contribution in [0.1, 0.15) is 111 Å². The lowest BCUT2D eigenvalue weighted by atomic mass is 10.0. The summed E-state index contributed by atoms with van der Waals surface area (Å²) in [6, 6.07) is 0.959. The van der Waals surface area contributed by atoms with Crippen molar-refractivity contribution in [2.45, 2.75) is 123 Å². The van der Waals surface area contributed by atoms with Gasteiger partial charge in [-0.15, -0.1) is 0 Å². The molecule has 152 valence electrons. The summed E-state index contributed by atoms with van der Waals surface area (Å²) >= 11 is 0. The van der Waals surface area contributed by atoms with Gasteiger partial charge in [-0.2, -0.15) is 0 Å². The summed E-state index contributed by atoms with van der Waals surface area (Å²) in [7, 11) is 1.06. The van der Waals surface area contributed by atoms with Crippen LogP contribution in [0.5, 0.6) is 0 Å². The fourth-order valence-corrected chi connectivity index (χ4v) is 5.64. The van der Waals surface area contributed by atoms with Crippen LogP contribution in [0, 0.1) is 0 Å². The molecule has 0 aliphatic rings. The van der Waals surface area contributed by atoms with E-state index in [1.807, 2.05) is 0 Å². The highest BCUT2D eigenvalue weighted by molar-refractivity contribution is 6.60. The Kier molecular flexibility index (Phi) is 17.6. The van der Waals surface area contributed by atoms with E-state index in [4.69, 9.17) is 13.3 Å². The van der Waals surface area contributed by atoms with Crippen LogP contribution >= 0.6 is 0 Å². The SMILES string of the molecule is CCCCCCC(CCCCCC)O[Si](CCCCCC)(OC)OC. The van der Waals surface area contributed by atoms with Gasteiger partial charge in [0.05, 0.1) is 0 Å². The van der Waals surface area contributed by atoms with Gasteiger partial charge < -0.3 is 13.3 Å². The third kappa shape index (κ3) is 13.0. The Morgan fingerprint density at radius 1 is 0.600 bits per heavy atom. The summed E-state index contributed by atoms with van der Waals surface area (Å²) in [6.07, 6.45) is 18.0. The van der Waals surface area contributed by atoms with Gasteiger partial charge in [0.1, 0.15) is 0 Å². The molecule has 3 nitrogen and oxygen atoms in total. The summed E-state index contributed by atoms with van der Waals surface area (Å²) in [5.74, 6) is 0. The zero-order chi connectivity index (χ0) is 18.8. The quantitative estimate of drug-likeness (QED) is 0.178. The van der Waals surface area contributed by atoms with Gasteiger partial charge in [0.2, 0.25) is 0 Å². The summed E-state index contributed by atoms with van der Waals surface area (Å²) in [5, 5.41) is 0. The second-order valence-electron chi connectivity index (χ2n) is 7.34. The molecule has 0 spiro atoms. The third-order valence-corrected chi connectivity index (χ3v) is 7.97. The molecular weight excluding hydrogens is 328 g/mol. The molecule has 0 amide bonds.